The number of aryl methyl sites for hydroxylation is 2. The Morgan fingerprint density at radius 1 is 1.04 bits per heavy atom. The van der Waals surface area contributed by atoms with Crippen LogP contribution in [-0.2, 0) is 19.6 Å². The summed E-state index contributed by atoms with van der Waals surface area (Å²) in [4.78, 5) is 12.5. The molecule has 0 aliphatic heterocycles. The maximum atomic E-state index is 12.5. The lowest BCUT2D eigenvalue weighted by molar-refractivity contribution is -0.120. The van der Waals surface area contributed by atoms with Crippen molar-refractivity contribution in [2.24, 2.45) is 0 Å². The van der Waals surface area contributed by atoms with E-state index in [0.717, 1.165) is 16.7 Å². The first-order valence-electron chi connectivity index (χ1n) is 9.20. The minimum Gasteiger partial charge on any atom is -0.385 e. The SMILES string of the molecule is COCCCS(=O)(=O)NCC(=O)NC(c1ccccc1)c1ccc(C)c(C)c1. The van der Waals surface area contributed by atoms with Gasteiger partial charge >= 0.3 is 0 Å². The van der Waals surface area contributed by atoms with Crippen LogP contribution >= 0.6 is 0 Å². The van der Waals surface area contributed by atoms with E-state index in [1.165, 1.54) is 12.7 Å². The number of methoxy groups -OCH3 is 1. The monoisotopic (exact) mass is 404 g/mol. The average molecular weight is 405 g/mol. The first-order chi connectivity index (χ1) is 13.3. The van der Waals surface area contributed by atoms with Gasteiger partial charge in [-0.05, 0) is 42.5 Å². The van der Waals surface area contributed by atoms with Crippen LogP contribution in [-0.4, -0.2) is 40.3 Å². The number of nitrogens with one attached hydrogen (secondary N) is 2. The van der Waals surface area contributed by atoms with E-state index in [9.17, 15) is 13.2 Å². The van der Waals surface area contributed by atoms with Crippen LogP contribution in [0.1, 0.15) is 34.7 Å². The van der Waals surface area contributed by atoms with Gasteiger partial charge in [0.15, 0.2) is 0 Å². The van der Waals surface area contributed by atoms with Crippen molar-refractivity contribution in [3.8, 4) is 0 Å². The Balaban J connectivity index is 2.10. The van der Waals surface area contributed by atoms with Crippen LogP contribution in [0.5, 0.6) is 0 Å². The number of rotatable bonds is 10. The molecule has 0 bridgehead atoms. The number of sulfonamides is 1. The third-order valence-electron chi connectivity index (χ3n) is 4.52. The Morgan fingerprint density at radius 2 is 1.75 bits per heavy atom. The molecule has 1 atom stereocenters. The predicted octanol–water partition coefficient (Wildman–Crippen LogP) is 2.46. The Hall–Kier alpha value is -2.22. The van der Waals surface area contributed by atoms with Gasteiger partial charge in [0.2, 0.25) is 15.9 Å². The Bertz CT molecular complexity index is 883. The normalized spacial score (nSPS) is 12.5. The second kappa shape index (κ2) is 10.4. The predicted molar refractivity (Wildman–Crippen MR) is 111 cm³/mol. The highest BCUT2D eigenvalue weighted by atomic mass is 32.2. The first-order valence-corrected chi connectivity index (χ1v) is 10.9. The molecule has 28 heavy (non-hydrogen) atoms. The summed E-state index contributed by atoms with van der Waals surface area (Å²) in [5, 5.41) is 2.95. The molecule has 2 aromatic rings. The number of carbonyl (C=O) groups is 1. The molecule has 1 amide bonds. The molecule has 7 heteroatoms. The van der Waals surface area contributed by atoms with Crippen molar-refractivity contribution in [2.75, 3.05) is 26.0 Å². The number of benzene rings is 2. The summed E-state index contributed by atoms with van der Waals surface area (Å²) in [6.45, 7) is 4.11. The standard InChI is InChI=1S/C21H28N2O4S/c1-16-10-11-19(14-17(16)2)21(18-8-5-4-6-9-18)23-20(24)15-22-28(25,26)13-7-12-27-3/h4-6,8-11,14,21-22H,7,12-13,15H2,1-3H3,(H,23,24). The van der Waals surface area contributed by atoms with Crippen molar-refractivity contribution in [1.82, 2.24) is 10.0 Å². The second-order valence-corrected chi connectivity index (χ2v) is 8.67. The lowest BCUT2D eigenvalue weighted by atomic mass is 9.95. The van der Waals surface area contributed by atoms with Gasteiger partial charge < -0.3 is 10.1 Å². The van der Waals surface area contributed by atoms with E-state index in [1.54, 1.807) is 0 Å². The minimum atomic E-state index is -3.52. The van der Waals surface area contributed by atoms with E-state index in [4.69, 9.17) is 4.74 Å². The summed E-state index contributed by atoms with van der Waals surface area (Å²) in [6, 6.07) is 15.3. The van der Waals surface area contributed by atoms with Crippen molar-refractivity contribution < 1.29 is 17.9 Å². The van der Waals surface area contributed by atoms with E-state index >= 15 is 0 Å². The summed E-state index contributed by atoms with van der Waals surface area (Å²) >= 11 is 0. The van der Waals surface area contributed by atoms with Gasteiger partial charge in [-0.1, -0.05) is 48.5 Å². The van der Waals surface area contributed by atoms with Crippen LogP contribution in [0.2, 0.25) is 0 Å². The Morgan fingerprint density at radius 3 is 2.39 bits per heavy atom. The molecule has 1 unspecified atom stereocenters. The number of hydrogen-bond acceptors (Lipinski definition) is 4. The van der Waals surface area contributed by atoms with E-state index in [-0.39, 0.29) is 24.2 Å². The largest absolute Gasteiger partial charge is 0.385 e. The minimum absolute atomic E-state index is 0.0760. The second-order valence-electron chi connectivity index (χ2n) is 6.74. The molecule has 152 valence electrons. The van der Waals surface area contributed by atoms with Gasteiger partial charge in [0.05, 0.1) is 18.3 Å². The van der Waals surface area contributed by atoms with Crippen molar-refractivity contribution in [3.05, 3.63) is 70.8 Å². The van der Waals surface area contributed by atoms with Gasteiger partial charge in [-0.25, -0.2) is 13.1 Å². The zero-order chi connectivity index (χ0) is 20.6. The van der Waals surface area contributed by atoms with Gasteiger partial charge in [-0.3, -0.25) is 4.79 Å². The maximum absolute atomic E-state index is 12.5. The molecule has 6 nitrogen and oxygen atoms in total. The molecule has 0 spiro atoms. The number of carbonyl (C=O) groups excluding carboxylic acids is 1. The van der Waals surface area contributed by atoms with Crippen molar-refractivity contribution >= 4 is 15.9 Å². The molecule has 0 radical (unpaired) electrons. The Labute approximate surface area is 167 Å². The molecule has 0 saturated heterocycles. The smallest absolute Gasteiger partial charge is 0.235 e. The van der Waals surface area contributed by atoms with E-state index in [2.05, 4.69) is 10.0 Å². The fraction of sp³-hybridized carbons (Fsp3) is 0.381. The van der Waals surface area contributed by atoms with Crippen LogP contribution in [0.4, 0.5) is 0 Å². The van der Waals surface area contributed by atoms with Crippen LogP contribution in [0.25, 0.3) is 0 Å². The quantitative estimate of drug-likeness (QED) is 0.596. The molecule has 0 fully saturated rings. The number of hydrogen-bond donors (Lipinski definition) is 2. The highest BCUT2D eigenvalue weighted by Gasteiger charge is 2.19. The topological polar surface area (TPSA) is 84.5 Å². The lowest BCUT2D eigenvalue weighted by Crippen LogP contribution is -2.39. The van der Waals surface area contributed by atoms with E-state index < -0.39 is 10.0 Å². The Kier molecular flexibility index (Phi) is 8.17. The zero-order valence-electron chi connectivity index (χ0n) is 16.6. The maximum Gasteiger partial charge on any atom is 0.235 e. The van der Waals surface area contributed by atoms with Gasteiger partial charge in [-0.2, -0.15) is 0 Å². The molecule has 0 aromatic heterocycles. The summed E-state index contributed by atoms with van der Waals surface area (Å²) in [6.07, 6.45) is 0.378. The molecule has 2 aromatic carbocycles. The van der Waals surface area contributed by atoms with Gasteiger partial charge in [0.25, 0.3) is 0 Å². The number of ether oxygens (including phenoxy) is 1. The third-order valence-corrected chi connectivity index (χ3v) is 5.93. The van der Waals surface area contributed by atoms with E-state index in [0.29, 0.717) is 13.0 Å². The summed E-state index contributed by atoms with van der Waals surface area (Å²) in [7, 11) is -2.00. The first kappa shape index (κ1) is 22.1. The molecular formula is C21H28N2O4S. The van der Waals surface area contributed by atoms with E-state index in [1.807, 2.05) is 62.4 Å². The third kappa shape index (κ3) is 6.74. The molecule has 0 aliphatic carbocycles. The molecular weight excluding hydrogens is 376 g/mol. The van der Waals surface area contributed by atoms with Gasteiger partial charge in [0, 0.05) is 13.7 Å². The van der Waals surface area contributed by atoms with Crippen molar-refractivity contribution in [3.63, 3.8) is 0 Å². The van der Waals surface area contributed by atoms with Crippen molar-refractivity contribution in [2.45, 2.75) is 26.3 Å². The van der Waals surface area contributed by atoms with Crippen LogP contribution in [0.15, 0.2) is 48.5 Å². The van der Waals surface area contributed by atoms with Crippen LogP contribution in [0.3, 0.4) is 0 Å². The highest BCUT2D eigenvalue weighted by molar-refractivity contribution is 7.89. The summed E-state index contributed by atoms with van der Waals surface area (Å²) < 4.78 is 31.2. The van der Waals surface area contributed by atoms with Gasteiger partial charge in [-0.15, -0.1) is 0 Å². The molecule has 0 saturated carbocycles. The van der Waals surface area contributed by atoms with Gasteiger partial charge in [0.1, 0.15) is 0 Å². The van der Waals surface area contributed by atoms with Crippen LogP contribution < -0.4 is 10.0 Å². The fourth-order valence-corrected chi connectivity index (χ4v) is 3.79. The fourth-order valence-electron chi connectivity index (χ4n) is 2.80. The van der Waals surface area contributed by atoms with Crippen LogP contribution in [0, 0.1) is 13.8 Å². The molecule has 0 aliphatic rings. The molecule has 2 rings (SSSR count). The number of amides is 1. The summed E-state index contributed by atoms with van der Waals surface area (Å²) in [5.41, 5.74) is 4.19. The molecule has 0 heterocycles. The zero-order valence-corrected chi connectivity index (χ0v) is 17.4. The molecule has 2 N–H and O–H groups in total. The highest BCUT2D eigenvalue weighted by Crippen LogP contribution is 2.24. The summed E-state index contributed by atoms with van der Waals surface area (Å²) in [5.74, 6) is -0.463. The average Bonchev–Trinajstić information content (AvgIpc) is 2.68. The van der Waals surface area contributed by atoms with Crippen molar-refractivity contribution in [1.29, 1.82) is 0 Å². The lowest BCUT2D eigenvalue weighted by Gasteiger charge is -2.21.